The van der Waals surface area contributed by atoms with Gasteiger partial charge in [0.1, 0.15) is 6.07 Å². The predicted molar refractivity (Wildman–Crippen MR) is 277 cm³/mol. The molecule has 0 amide bonds. The van der Waals surface area contributed by atoms with E-state index < -0.39 is 0 Å². The van der Waals surface area contributed by atoms with Crippen LogP contribution in [0.25, 0.3) is 116 Å². The van der Waals surface area contributed by atoms with Gasteiger partial charge in [0, 0.05) is 49.1 Å². The molecule has 0 aliphatic heterocycles. The minimum Gasteiger partial charge on any atom is -0.309 e. The molecule has 0 unspecified atom stereocenters. The van der Waals surface area contributed by atoms with Crippen LogP contribution in [0, 0.1) is 11.3 Å². The Morgan fingerprint density at radius 3 is 1.22 bits per heavy atom. The third-order valence-corrected chi connectivity index (χ3v) is 13.7. The van der Waals surface area contributed by atoms with Crippen LogP contribution in [0.5, 0.6) is 0 Å². The maximum Gasteiger partial charge on any atom is 0.236 e. The molecule has 0 spiro atoms. The molecule has 0 aliphatic rings. The van der Waals surface area contributed by atoms with Crippen LogP contribution in [-0.2, 0) is 5.41 Å². The first-order chi connectivity index (χ1) is 32.8. The monoisotopic (exact) mass is 858 g/mol. The van der Waals surface area contributed by atoms with Gasteiger partial charge in [-0.05, 0) is 130 Å². The van der Waals surface area contributed by atoms with E-state index in [1.165, 1.54) is 43.6 Å². The van der Waals surface area contributed by atoms with Gasteiger partial charge in [0.05, 0.1) is 38.6 Å². The zero-order valence-corrected chi connectivity index (χ0v) is 37.2. The van der Waals surface area contributed by atoms with Gasteiger partial charge >= 0.3 is 0 Å². The van der Waals surface area contributed by atoms with Crippen molar-refractivity contribution in [1.29, 1.82) is 5.26 Å². The quantitative estimate of drug-likeness (QED) is 0.173. The Morgan fingerprint density at radius 2 is 0.776 bits per heavy atom. The number of para-hydroxylation sites is 4. The lowest BCUT2D eigenvalue weighted by Gasteiger charge is -2.19. The van der Waals surface area contributed by atoms with Crippen molar-refractivity contribution in [1.82, 2.24) is 23.7 Å². The summed E-state index contributed by atoms with van der Waals surface area (Å²) in [6.45, 7) is 6.59. The number of hydrogen-bond donors (Lipinski definition) is 0. The Kier molecular flexibility index (Phi) is 8.43. The Balaban J connectivity index is 1.04. The highest BCUT2D eigenvalue weighted by molar-refractivity contribution is 6.14. The molecule has 0 radical (unpaired) electrons. The van der Waals surface area contributed by atoms with Gasteiger partial charge in [-0.3, -0.25) is 4.57 Å². The molecule has 0 atom stereocenters. The van der Waals surface area contributed by atoms with E-state index in [0.717, 1.165) is 71.9 Å². The minimum atomic E-state index is -0.0926. The van der Waals surface area contributed by atoms with Crippen molar-refractivity contribution in [3.8, 4) is 45.6 Å². The highest BCUT2D eigenvalue weighted by atomic mass is 15.2. The summed E-state index contributed by atoms with van der Waals surface area (Å²) >= 11 is 0. The van der Waals surface area contributed by atoms with Crippen molar-refractivity contribution in [2.24, 2.45) is 0 Å². The van der Waals surface area contributed by atoms with Gasteiger partial charge in [0.25, 0.3) is 0 Å². The fraction of sp³-hybridized carbons (Fsp3) is 0.0656. The summed E-state index contributed by atoms with van der Waals surface area (Å²) in [5, 5.41) is 18.2. The summed E-state index contributed by atoms with van der Waals surface area (Å²) in [6.07, 6.45) is 0. The van der Waals surface area contributed by atoms with Gasteiger partial charge in [-0.1, -0.05) is 124 Å². The summed E-state index contributed by atoms with van der Waals surface area (Å²) in [5.74, 6) is 0.473. The van der Waals surface area contributed by atoms with Gasteiger partial charge in [-0.25, -0.2) is 9.97 Å². The molecule has 0 fully saturated rings. The lowest BCUT2D eigenvalue weighted by molar-refractivity contribution is 0.591. The molecule has 0 saturated carbocycles. The standard InChI is InChI=1S/C61H42N6/c1-61(2,3)42-26-27-47-52(36-42)63-60(64-53(47)37-62)67-58-30-24-40(38-22-28-56-48(32-38)45-18-10-12-20-54(45)65(56)43-14-6-4-7-15-43)34-50(58)51-35-41(25-31-59(51)67)39-23-29-57-49(33-39)46-19-11-13-21-55(46)66(57)44-16-8-5-9-17-44/h4-36H,1-3H3. The van der Waals surface area contributed by atoms with E-state index in [9.17, 15) is 5.26 Å². The van der Waals surface area contributed by atoms with E-state index >= 15 is 0 Å². The maximum absolute atomic E-state index is 10.5. The van der Waals surface area contributed by atoms with Gasteiger partial charge in [-0.15, -0.1) is 0 Å². The van der Waals surface area contributed by atoms with Crippen molar-refractivity contribution in [2.45, 2.75) is 26.2 Å². The fourth-order valence-corrected chi connectivity index (χ4v) is 10.4. The number of benzene rings is 9. The van der Waals surface area contributed by atoms with Gasteiger partial charge in [0.15, 0.2) is 5.69 Å². The summed E-state index contributed by atoms with van der Waals surface area (Å²) in [5.41, 5.74) is 15.5. The molecular formula is C61H42N6. The number of nitrogens with zero attached hydrogens (tertiary/aromatic N) is 6. The Morgan fingerprint density at radius 1 is 0.373 bits per heavy atom. The minimum absolute atomic E-state index is 0.0926. The van der Waals surface area contributed by atoms with E-state index in [-0.39, 0.29) is 5.41 Å². The topological polar surface area (TPSA) is 64.4 Å². The molecule has 9 aromatic carbocycles. The number of rotatable bonds is 5. The van der Waals surface area contributed by atoms with Crippen LogP contribution in [-0.4, -0.2) is 23.7 Å². The highest BCUT2D eigenvalue weighted by Gasteiger charge is 2.22. The Hall–Kier alpha value is -8.79. The van der Waals surface area contributed by atoms with Gasteiger partial charge < -0.3 is 9.13 Å². The SMILES string of the molecule is CC(C)(C)c1ccc2c(C#N)nc(-n3c4ccc(-c5ccc6c(c5)c5ccccc5n6-c5ccccc5)cc4c4cc(-c5ccc6c(c5)c5ccccc5n6-c5ccccc5)ccc43)nc2c1. The van der Waals surface area contributed by atoms with Crippen molar-refractivity contribution in [2.75, 3.05) is 0 Å². The van der Waals surface area contributed by atoms with Gasteiger partial charge in [-0.2, -0.15) is 5.26 Å². The van der Waals surface area contributed by atoms with Crippen LogP contribution in [0.3, 0.4) is 0 Å². The largest absolute Gasteiger partial charge is 0.309 e. The van der Waals surface area contributed by atoms with Crippen LogP contribution in [0.2, 0.25) is 0 Å². The second-order valence-electron chi connectivity index (χ2n) is 18.6. The first-order valence-corrected chi connectivity index (χ1v) is 22.8. The molecule has 316 valence electrons. The smallest absolute Gasteiger partial charge is 0.236 e. The molecule has 6 heteroatoms. The second kappa shape index (κ2) is 14.6. The molecule has 4 aromatic heterocycles. The molecule has 0 N–H and O–H groups in total. The Labute approximate surface area is 386 Å². The van der Waals surface area contributed by atoms with Gasteiger partial charge in [0.2, 0.25) is 5.95 Å². The normalized spacial score (nSPS) is 12.1. The first-order valence-electron chi connectivity index (χ1n) is 22.8. The van der Waals surface area contributed by atoms with E-state index in [2.05, 4.69) is 235 Å². The van der Waals surface area contributed by atoms with Crippen LogP contribution >= 0.6 is 0 Å². The van der Waals surface area contributed by atoms with Crippen LogP contribution in [0.4, 0.5) is 0 Å². The van der Waals surface area contributed by atoms with Crippen molar-refractivity contribution >= 4 is 76.3 Å². The molecule has 13 rings (SSSR count). The molecule has 0 bridgehead atoms. The second-order valence-corrected chi connectivity index (χ2v) is 18.6. The molecule has 67 heavy (non-hydrogen) atoms. The van der Waals surface area contributed by atoms with Crippen molar-refractivity contribution in [3.63, 3.8) is 0 Å². The van der Waals surface area contributed by atoms with E-state index in [1.54, 1.807) is 0 Å². The number of aromatic nitrogens is 5. The molecule has 13 aromatic rings. The molecule has 6 nitrogen and oxygen atoms in total. The molecule has 0 aliphatic carbocycles. The zero-order valence-electron chi connectivity index (χ0n) is 37.2. The van der Waals surface area contributed by atoms with Crippen molar-refractivity contribution in [3.05, 3.63) is 211 Å². The highest BCUT2D eigenvalue weighted by Crippen LogP contribution is 2.41. The summed E-state index contributed by atoms with van der Waals surface area (Å²) in [4.78, 5) is 10.2. The fourth-order valence-electron chi connectivity index (χ4n) is 10.4. The zero-order chi connectivity index (χ0) is 45.0. The van der Waals surface area contributed by atoms with E-state index in [1.807, 2.05) is 6.07 Å². The summed E-state index contributed by atoms with van der Waals surface area (Å²) < 4.78 is 6.84. The lowest BCUT2D eigenvalue weighted by atomic mass is 9.86. The number of fused-ring (bicyclic) bond motifs is 10. The van der Waals surface area contributed by atoms with E-state index in [0.29, 0.717) is 11.6 Å². The van der Waals surface area contributed by atoms with Crippen LogP contribution in [0.1, 0.15) is 32.0 Å². The summed E-state index contributed by atoms with van der Waals surface area (Å²) in [7, 11) is 0. The molecule has 4 heterocycles. The summed E-state index contributed by atoms with van der Waals surface area (Å²) in [6, 6.07) is 74.2. The average Bonchev–Trinajstić information content (AvgIpc) is 4.00. The number of hydrogen-bond acceptors (Lipinski definition) is 3. The third-order valence-electron chi connectivity index (χ3n) is 13.7. The number of nitriles is 1. The van der Waals surface area contributed by atoms with Crippen LogP contribution < -0.4 is 0 Å². The third kappa shape index (κ3) is 6.02. The molecule has 0 saturated heterocycles. The Bertz CT molecular complexity index is 3980. The lowest BCUT2D eigenvalue weighted by Crippen LogP contribution is -2.11. The van der Waals surface area contributed by atoms with E-state index in [4.69, 9.17) is 9.97 Å². The van der Waals surface area contributed by atoms with Crippen molar-refractivity contribution < 1.29 is 0 Å². The maximum atomic E-state index is 10.5. The molecular weight excluding hydrogens is 817 g/mol. The first kappa shape index (κ1) is 38.6. The average molecular weight is 859 g/mol. The van der Waals surface area contributed by atoms with Crippen LogP contribution in [0.15, 0.2) is 200 Å². The predicted octanol–water partition coefficient (Wildman–Crippen LogP) is 15.4.